The second-order valence-corrected chi connectivity index (χ2v) is 3.71. The van der Waals surface area contributed by atoms with Gasteiger partial charge in [-0.05, 0) is 6.08 Å². The molecule has 1 saturated heterocycles. The van der Waals surface area contributed by atoms with E-state index in [-0.39, 0.29) is 6.61 Å². The SMILES string of the molecule is C=COC/C=C/OC1OC(CO)C(O)C(O)C1O. The topological polar surface area (TPSA) is 109 Å². The summed E-state index contributed by atoms with van der Waals surface area (Å²) in [5.74, 6) is 0. The van der Waals surface area contributed by atoms with Crippen molar-refractivity contribution in [2.75, 3.05) is 13.2 Å². The van der Waals surface area contributed by atoms with Crippen molar-refractivity contribution < 1.29 is 34.6 Å². The number of aliphatic hydroxyl groups is 4. The molecule has 1 fully saturated rings. The van der Waals surface area contributed by atoms with E-state index in [0.29, 0.717) is 0 Å². The minimum atomic E-state index is -1.45. The molecule has 0 radical (unpaired) electrons. The number of hydrogen-bond donors (Lipinski definition) is 4. The highest BCUT2D eigenvalue weighted by Gasteiger charge is 2.44. The van der Waals surface area contributed by atoms with Crippen LogP contribution >= 0.6 is 0 Å². The molecule has 0 aromatic carbocycles. The Morgan fingerprint density at radius 3 is 2.50 bits per heavy atom. The molecule has 5 atom stereocenters. The van der Waals surface area contributed by atoms with Crippen LogP contribution < -0.4 is 0 Å². The molecule has 18 heavy (non-hydrogen) atoms. The third-order valence-corrected chi connectivity index (χ3v) is 2.47. The van der Waals surface area contributed by atoms with E-state index in [2.05, 4.69) is 6.58 Å². The number of rotatable bonds is 6. The molecular formula is C11H18O7. The molecule has 0 spiro atoms. The minimum absolute atomic E-state index is 0.237. The van der Waals surface area contributed by atoms with Crippen molar-refractivity contribution >= 4 is 0 Å². The van der Waals surface area contributed by atoms with Crippen molar-refractivity contribution in [2.24, 2.45) is 0 Å². The molecule has 4 N–H and O–H groups in total. The molecule has 5 unspecified atom stereocenters. The standard InChI is InChI=1S/C11H18O7/c1-2-16-4-3-5-17-11-10(15)9(14)8(13)7(6-12)18-11/h2-3,5,7-15H,1,4,6H2/b5-3+. The Bertz CT molecular complexity index is 279. The monoisotopic (exact) mass is 262 g/mol. The third-order valence-electron chi connectivity index (χ3n) is 2.47. The molecule has 0 amide bonds. The van der Waals surface area contributed by atoms with Crippen molar-refractivity contribution in [3.63, 3.8) is 0 Å². The second kappa shape index (κ2) is 7.34. The lowest BCUT2D eigenvalue weighted by Gasteiger charge is -2.39. The van der Waals surface area contributed by atoms with E-state index in [1.807, 2.05) is 0 Å². The van der Waals surface area contributed by atoms with Gasteiger partial charge < -0.3 is 34.6 Å². The molecule has 7 heteroatoms. The van der Waals surface area contributed by atoms with Crippen LogP contribution in [0.5, 0.6) is 0 Å². The first-order chi connectivity index (χ1) is 8.61. The summed E-state index contributed by atoms with van der Waals surface area (Å²) in [4.78, 5) is 0. The molecule has 0 aliphatic carbocycles. The van der Waals surface area contributed by atoms with Crippen LogP contribution in [-0.4, -0.2) is 64.3 Å². The Kier molecular flexibility index (Phi) is 6.10. The van der Waals surface area contributed by atoms with Gasteiger partial charge in [0.25, 0.3) is 0 Å². The Balaban J connectivity index is 2.48. The Hall–Kier alpha value is -1.12. The zero-order valence-corrected chi connectivity index (χ0v) is 9.75. The van der Waals surface area contributed by atoms with Crippen molar-refractivity contribution in [1.29, 1.82) is 0 Å². The van der Waals surface area contributed by atoms with Gasteiger partial charge >= 0.3 is 0 Å². The fourth-order valence-electron chi connectivity index (χ4n) is 1.48. The van der Waals surface area contributed by atoms with Crippen LogP contribution in [0.1, 0.15) is 0 Å². The third kappa shape index (κ3) is 3.69. The maximum Gasteiger partial charge on any atom is 0.228 e. The maximum atomic E-state index is 9.60. The van der Waals surface area contributed by atoms with Crippen LogP contribution in [0.25, 0.3) is 0 Å². The van der Waals surface area contributed by atoms with E-state index >= 15 is 0 Å². The van der Waals surface area contributed by atoms with Gasteiger partial charge in [0.1, 0.15) is 31.0 Å². The van der Waals surface area contributed by atoms with Gasteiger partial charge in [-0.25, -0.2) is 0 Å². The molecule has 1 rings (SSSR count). The first-order valence-corrected chi connectivity index (χ1v) is 5.45. The summed E-state index contributed by atoms with van der Waals surface area (Å²) in [6, 6.07) is 0. The fraction of sp³-hybridized carbons (Fsp3) is 0.636. The van der Waals surface area contributed by atoms with E-state index in [9.17, 15) is 15.3 Å². The molecule has 104 valence electrons. The zero-order valence-electron chi connectivity index (χ0n) is 9.75. The molecule has 7 nitrogen and oxygen atoms in total. The van der Waals surface area contributed by atoms with E-state index in [0.717, 1.165) is 0 Å². The summed E-state index contributed by atoms with van der Waals surface area (Å²) >= 11 is 0. The lowest BCUT2D eigenvalue weighted by Crippen LogP contribution is -2.58. The lowest BCUT2D eigenvalue weighted by molar-refractivity contribution is -0.287. The zero-order chi connectivity index (χ0) is 13.5. The summed E-state index contributed by atoms with van der Waals surface area (Å²) in [7, 11) is 0. The van der Waals surface area contributed by atoms with Gasteiger partial charge in [-0.15, -0.1) is 0 Å². The first kappa shape index (κ1) is 14.9. The van der Waals surface area contributed by atoms with Crippen LogP contribution in [0.15, 0.2) is 25.2 Å². The van der Waals surface area contributed by atoms with Crippen molar-refractivity contribution in [3.8, 4) is 0 Å². The Labute approximate surface area is 105 Å². The van der Waals surface area contributed by atoms with E-state index < -0.39 is 37.3 Å². The molecule has 1 aliphatic rings. The van der Waals surface area contributed by atoms with Gasteiger partial charge in [-0.2, -0.15) is 0 Å². The molecule has 1 heterocycles. The average Bonchev–Trinajstić information content (AvgIpc) is 2.38. The number of ether oxygens (including phenoxy) is 3. The van der Waals surface area contributed by atoms with E-state index in [4.69, 9.17) is 19.3 Å². The van der Waals surface area contributed by atoms with Crippen molar-refractivity contribution in [2.45, 2.75) is 30.7 Å². The highest BCUT2D eigenvalue weighted by atomic mass is 16.7. The number of hydrogen-bond acceptors (Lipinski definition) is 7. The summed E-state index contributed by atoms with van der Waals surface area (Å²) in [5.41, 5.74) is 0. The lowest BCUT2D eigenvalue weighted by atomic mass is 9.99. The van der Waals surface area contributed by atoms with Crippen LogP contribution in [0.2, 0.25) is 0 Å². The fourth-order valence-corrected chi connectivity index (χ4v) is 1.48. The molecule has 0 aromatic heterocycles. The first-order valence-electron chi connectivity index (χ1n) is 5.45. The summed E-state index contributed by atoms with van der Waals surface area (Å²) < 4.78 is 14.9. The van der Waals surface area contributed by atoms with Gasteiger partial charge in [0, 0.05) is 0 Å². The van der Waals surface area contributed by atoms with Crippen molar-refractivity contribution in [3.05, 3.63) is 25.2 Å². The van der Waals surface area contributed by atoms with Crippen LogP contribution in [0, 0.1) is 0 Å². The molecule has 0 aromatic rings. The molecule has 0 bridgehead atoms. The van der Waals surface area contributed by atoms with Gasteiger partial charge in [0.05, 0.1) is 19.1 Å². The number of aliphatic hydroxyl groups excluding tert-OH is 4. The summed E-state index contributed by atoms with van der Waals surface area (Å²) in [6.45, 7) is 3.09. The van der Waals surface area contributed by atoms with Crippen LogP contribution in [0.4, 0.5) is 0 Å². The highest BCUT2D eigenvalue weighted by molar-refractivity contribution is 4.90. The predicted molar refractivity (Wildman–Crippen MR) is 60.1 cm³/mol. The minimum Gasteiger partial charge on any atom is -0.498 e. The van der Waals surface area contributed by atoms with Crippen LogP contribution in [-0.2, 0) is 14.2 Å². The summed E-state index contributed by atoms with van der Waals surface area (Å²) in [6.07, 6.45) is -2.39. The normalized spacial score (nSPS) is 36.6. The Morgan fingerprint density at radius 1 is 1.17 bits per heavy atom. The predicted octanol–water partition coefficient (Wildman–Crippen LogP) is -1.52. The quantitative estimate of drug-likeness (QED) is 0.340. The van der Waals surface area contributed by atoms with Gasteiger partial charge in [-0.3, -0.25) is 0 Å². The van der Waals surface area contributed by atoms with Gasteiger partial charge in [0.15, 0.2) is 0 Å². The molecule has 1 aliphatic heterocycles. The van der Waals surface area contributed by atoms with Crippen molar-refractivity contribution in [1.82, 2.24) is 0 Å². The summed E-state index contributed by atoms with van der Waals surface area (Å²) in [5, 5.41) is 37.5. The van der Waals surface area contributed by atoms with Gasteiger partial charge in [0.2, 0.25) is 6.29 Å². The maximum absolute atomic E-state index is 9.60. The van der Waals surface area contributed by atoms with Gasteiger partial charge in [-0.1, -0.05) is 6.58 Å². The van der Waals surface area contributed by atoms with Crippen LogP contribution in [0.3, 0.4) is 0 Å². The highest BCUT2D eigenvalue weighted by Crippen LogP contribution is 2.21. The molecule has 0 saturated carbocycles. The largest absolute Gasteiger partial charge is 0.498 e. The van der Waals surface area contributed by atoms with E-state index in [1.54, 1.807) is 0 Å². The second-order valence-electron chi connectivity index (χ2n) is 3.71. The van der Waals surface area contributed by atoms with E-state index in [1.165, 1.54) is 18.6 Å². The Morgan fingerprint density at radius 2 is 1.89 bits per heavy atom. The average molecular weight is 262 g/mol. The molecular weight excluding hydrogens is 244 g/mol. The smallest absolute Gasteiger partial charge is 0.228 e.